The number of carbonyl (C=O) groups excluding carboxylic acids is 3. The number of hydrogen-bond acceptors (Lipinski definition) is 5. The molecule has 8 nitrogen and oxygen atoms in total. The van der Waals surface area contributed by atoms with Gasteiger partial charge in [-0.3, -0.25) is 14.4 Å². The predicted octanol–water partition coefficient (Wildman–Crippen LogP) is 0.560. The first kappa shape index (κ1) is 19.7. The fourth-order valence-electron chi connectivity index (χ4n) is 5.23. The topological polar surface area (TPSA) is 104 Å². The standard InChI is InChI=1S/C19H29N3O5S/c1-19(2)16(22-14(23)11-15(22)28(19,26)27)18(25)21-10-6-9-13(21)17(24)20-12-7-4-3-5-8-12/h12-13,15-16H,3-11H2,1-2H3,(H,20,24). The van der Waals surface area contributed by atoms with E-state index in [-0.39, 0.29) is 24.3 Å². The van der Waals surface area contributed by atoms with Gasteiger partial charge in [0.15, 0.2) is 9.84 Å². The fraction of sp³-hybridized carbons (Fsp3) is 0.842. The van der Waals surface area contributed by atoms with Gasteiger partial charge in [0.25, 0.3) is 0 Å². The highest BCUT2D eigenvalue weighted by molar-refractivity contribution is 7.93. The third-order valence-corrected chi connectivity index (χ3v) is 9.80. The van der Waals surface area contributed by atoms with Crippen LogP contribution in [0.2, 0.25) is 0 Å². The van der Waals surface area contributed by atoms with Crippen molar-refractivity contribution in [2.45, 2.75) is 93.5 Å². The molecule has 4 rings (SSSR count). The summed E-state index contributed by atoms with van der Waals surface area (Å²) >= 11 is 0. The Hall–Kier alpha value is -1.64. The molecule has 9 heteroatoms. The minimum absolute atomic E-state index is 0.0544. The molecule has 1 N–H and O–H groups in total. The van der Waals surface area contributed by atoms with Gasteiger partial charge in [-0.2, -0.15) is 0 Å². The van der Waals surface area contributed by atoms with Crippen molar-refractivity contribution in [3.05, 3.63) is 0 Å². The number of β-lactam (4-membered cyclic amide) rings is 1. The third-order valence-electron chi connectivity index (χ3n) is 7.00. The van der Waals surface area contributed by atoms with Gasteiger partial charge < -0.3 is 15.1 Å². The fourth-order valence-corrected chi connectivity index (χ4v) is 7.36. The third kappa shape index (κ3) is 2.76. The maximum absolute atomic E-state index is 13.4. The van der Waals surface area contributed by atoms with E-state index in [1.165, 1.54) is 30.1 Å². The highest BCUT2D eigenvalue weighted by Gasteiger charge is 2.68. The number of fused-ring (bicyclic) bond motifs is 1. The average molecular weight is 412 g/mol. The van der Waals surface area contributed by atoms with E-state index in [9.17, 15) is 22.8 Å². The van der Waals surface area contributed by atoms with Gasteiger partial charge >= 0.3 is 0 Å². The number of likely N-dealkylation sites (tertiary alicyclic amines) is 1. The van der Waals surface area contributed by atoms with Gasteiger partial charge in [0, 0.05) is 12.6 Å². The van der Waals surface area contributed by atoms with E-state index in [1.807, 2.05) is 0 Å². The Balaban J connectivity index is 1.53. The molecule has 0 aromatic rings. The zero-order valence-corrected chi connectivity index (χ0v) is 17.3. The van der Waals surface area contributed by atoms with Crippen molar-refractivity contribution in [1.82, 2.24) is 15.1 Å². The molecule has 3 aliphatic heterocycles. The lowest BCUT2D eigenvalue weighted by Gasteiger charge is -2.39. The first-order valence-electron chi connectivity index (χ1n) is 10.3. The number of carbonyl (C=O) groups is 3. The first-order chi connectivity index (χ1) is 13.2. The van der Waals surface area contributed by atoms with E-state index in [0.29, 0.717) is 19.4 Å². The number of rotatable bonds is 3. The van der Waals surface area contributed by atoms with Gasteiger partial charge in [-0.15, -0.1) is 0 Å². The molecule has 0 aromatic carbocycles. The lowest BCUT2D eigenvalue weighted by atomic mass is 9.95. The maximum atomic E-state index is 13.4. The van der Waals surface area contributed by atoms with Crippen LogP contribution in [0.15, 0.2) is 0 Å². The van der Waals surface area contributed by atoms with E-state index >= 15 is 0 Å². The van der Waals surface area contributed by atoms with E-state index in [1.54, 1.807) is 0 Å². The molecule has 4 fully saturated rings. The van der Waals surface area contributed by atoms with Crippen molar-refractivity contribution in [3.8, 4) is 0 Å². The lowest BCUT2D eigenvalue weighted by Crippen LogP contribution is -2.61. The van der Waals surface area contributed by atoms with E-state index in [4.69, 9.17) is 0 Å². The number of nitrogens with one attached hydrogen (secondary N) is 1. The van der Waals surface area contributed by atoms with Crippen LogP contribution in [0.4, 0.5) is 0 Å². The highest BCUT2D eigenvalue weighted by atomic mass is 32.2. The number of amides is 3. The van der Waals surface area contributed by atoms with Crippen LogP contribution in [0.25, 0.3) is 0 Å². The maximum Gasteiger partial charge on any atom is 0.247 e. The molecule has 3 amide bonds. The van der Waals surface area contributed by atoms with Crippen LogP contribution in [0, 0.1) is 0 Å². The molecule has 3 atom stereocenters. The van der Waals surface area contributed by atoms with Crippen molar-refractivity contribution >= 4 is 27.6 Å². The van der Waals surface area contributed by atoms with Crippen molar-refractivity contribution in [1.29, 1.82) is 0 Å². The molecular formula is C19H29N3O5S. The monoisotopic (exact) mass is 411 g/mol. The quantitative estimate of drug-likeness (QED) is 0.684. The SMILES string of the molecule is CC1(C)C(C(=O)N2CCCC2C(=O)NC2CCCCC2)N2C(=O)CC2S1(=O)=O. The smallest absolute Gasteiger partial charge is 0.247 e. The summed E-state index contributed by atoms with van der Waals surface area (Å²) in [6, 6.07) is -1.47. The summed E-state index contributed by atoms with van der Waals surface area (Å²) in [6.07, 6.45) is 6.54. The van der Waals surface area contributed by atoms with Crippen LogP contribution in [-0.2, 0) is 24.2 Å². The number of sulfone groups is 1. The molecule has 3 unspecified atom stereocenters. The molecule has 3 saturated heterocycles. The molecule has 0 radical (unpaired) electrons. The van der Waals surface area contributed by atoms with Crippen molar-refractivity contribution in [2.75, 3.05) is 6.54 Å². The molecule has 28 heavy (non-hydrogen) atoms. The lowest BCUT2D eigenvalue weighted by molar-refractivity contribution is -0.155. The van der Waals surface area contributed by atoms with Crippen LogP contribution in [0.5, 0.6) is 0 Å². The van der Waals surface area contributed by atoms with Crippen LogP contribution in [-0.4, -0.2) is 70.7 Å². The van der Waals surface area contributed by atoms with Gasteiger partial charge in [-0.25, -0.2) is 8.42 Å². The average Bonchev–Trinajstić information content (AvgIpc) is 3.17. The largest absolute Gasteiger partial charge is 0.352 e. The highest BCUT2D eigenvalue weighted by Crippen LogP contribution is 2.46. The molecule has 0 aromatic heterocycles. The second-order valence-electron chi connectivity index (χ2n) is 9.04. The molecule has 3 heterocycles. The molecule has 1 saturated carbocycles. The summed E-state index contributed by atoms with van der Waals surface area (Å²) in [5, 5.41) is 2.18. The van der Waals surface area contributed by atoms with E-state index < -0.39 is 37.9 Å². The summed E-state index contributed by atoms with van der Waals surface area (Å²) in [6.45, 7) is 3.45. The minimum Gasteiger partial charge on any atom is -0.352 e. The Bertz CT molecular complexity index is 802. The summed E-state index contributed by atoms with van der Waals surface area (Å²) in [5.74, 6) is -0.867. The predicted molar refractivity (Wildman–Crippen MR) is 102 cm³/mol. The van der Waals surface area contributed by atoms with Gasteiger partial charge in [0.2, 0.25) is 17.7 Å². The van der Waals surface area contributed by atoms with Crippen LogP contribution < -0.4 is 5.32 Å². The van der Waals surface area contributed by atoms with E-state index in [0.717, 1.165) is 25.7 Å². The second kappa shape index (κ2) is 6.71. The Kier molecular flexibility index (Phi) is 4.71. The van der Waals surface area contributed by atoms with Gasteiger partial charge in [0.1, 0.15) is 17.5 Å². The minimum atomic E-state index is -3.63. The number of nitrogens with zero attached hydrogens (tertiary/aromatic N) is 2. The molecule has 156 valence electrons. The zero-order chi connectivity index (χ0) is 20.3. The molecular weight excluding hydrogens is 382 g/mol. The molecule has 0 spiro atoms. The van der Waals surface area contributed by atoms with Crippen LogP contribution in [0.1, 0.15) is 65.2 Å². The van der Waals surface area contributed by atoms with Crippen LogP contribution >= 0.6 is 0 Å². The molecule has 1 aliphatic carbocycles. The number of hydrogen-bond donors (Lipinski definition) is 1. The van der Waals surface area contributed by atoms with Gasteiger partial charge in [-0.05, 0) is 39.5 Å². The summed E-state index contributed by atoms with van der Waals surface area (Å²) in [7, 11) is -3.63. The summed E-state index contributed by atoms with van der Waals surface area (Å²) in [4.78, 5) is 41.1. The van der Waals surface area contributed by atoms with Crippen molar-refractivity contribution in [2.24, 2.45) is 0 Å². The Morgan fingerprint density at radius 1 is 1.07 bits per heavy atom. The zero-order valence-electron chi connectivity index (χ0n) is 16.5. The van der Waals surface area contributed by atoms with Gasteiger partial charge in [-0.1, -0.05) is 19.3 Å². The summed E-state index contributed by atoms with van der Waals surface area (Å²) < 4.78 is 24.2. The van der Waals surface area contributed by atoms with Crippen molar-refractivity contribution < 1.29 is 22.8 Å². The molecule has 4 aliphatic rings. The normalized spacial score (nSPS) is 34.1. The molecule has 0 bridgehead atoms. The Morgan fingerprint density at radius 3 is 2.39 bits per heavy atom. The summed E-state index contributed by atoms with van der Waals surface area (Å²) in [5.41, 5.74) is 0. The van der Waals surface area contributed by atoms with Crippen LogP contribution in [0.3, 0.4) is 0 Å². The Morgan fingerprint density at radius 2 is 1.75 bits per heavy atom. The second-order valence-corrected chi connectivity index (χ2v) is 11.7. The van der Waals surface area contributed by atoms with Gasteiger partial charge in [0.05, 0.1) is 11.2 Å². The van der Waals surface area contributed by atoms with Crippen molar-refractivity contribution in [3.63, 3.8) is 0 Å². The Labute approximate surface area is 165 Å². The van der Waals surface area contributed by atoms with E-state index in [2.05, 4.69) is 5.32 Å². The first-order valence-corrected chi connectivity index (χ1v) is 11.9.